The van der Waals surface area contributed by atoms with E-state index in [9.17, 15) is 9.59 Å². The SMILES string of the molecule is Cn1nc(-c2ccccc2)cc1C(=O)NC1CCC(C(=O)O)CC1. The van der Waals surface area contributed by atoms with Gasteiger partial charge in [0.2, 0.25) is 0 Å². The van der Waals surface area contributed by atoms with Gasteiger partial charge in [-0.05, 0) is 31.7 Å². The quantitative estimate of drug-likeness (QED) is 0.903. The van der Waals surface area contributed by atoms with Crippen molar-refractivity contribution in [2.45, 2.75) is 31.7 Å². The molecule has 2 aromatic rings. The third-order valence-electron chi connectivity index (χ3n) is 4.59. The number of carboxylic acids is 1. The maximum absolute atomic E-state index is 12.5. The summed E-state index contributed by atoms with van der Waals surface area (Å²) in [5, 5.41) is 16.4. The second-order valence-electron chi connectivity index (χ2n) is 6.26. The number of carbonyl (C=O) groups is 2. The van der Waals surface area contributed by atoms with Gasteiger partial charge < -0.3 is 10.4 Å². The van der Waals surface area contributed by atoms with Crippen LogP contribution in [0.25, 0.3) is 11.3 Å². The van der Waals surface area contributed by atoms with Crippen molar-refractivity contribution < 1.29 is 14.7 Å². The average molecular weight is 327 g/mol. The Bertz CT molecular complexity index is 731. The molecule has 0 bridgehead atoms. The molecule has 2 N–H and O–H groups in total. The number of aryl methyl sites for hydroxylation is 1. The molecule has 6 heteroatoms. The summed E-state index contributed by atoms with van der Waals surface area (Å²) in [5.74, 6) is -1.18. The smallest absolute Gasteiger partial charge is 0.306 e. The van der Waals surface area contributed by atoms with Gasteiger partial charge in [-0.3, -0.25) is 14.3 Å². The zero-order valence-electron chi connectivity index (χ0n) is 13.6. The molecule has 1 aliphatic rings. The van der Waals surface area contributed by atoms with Crippen LogP contribution in [0.2, 0.25) is 0 Å². The predicted octanol–water partition coefficient (Wildman–Crippen LogP) is 2.46. The molecule has 0 saturated heterocycles. The highest BCUT2D eigenvalue weighted by Crippen LogP contribution is 2.25. The summed E-state index contributed by atoms with van der Waals surface area (Å²) in [6.07, 6.45) is 2.63. The molecule has 1 aromatic heterocycles. The van der Waals surface area contributed by atoms with Crippen LogP contribution in [0.5, 0.6) is 0 Å². The first kappa shape index (κ1) is 16.2. The number of nitrogens with zero attached hydrogens (tertiary/aromatic N) is 2. The molecule has 126 valence electrons. The highest BCUT2D eigenvalue weighted by molar-refractivity contribution is 5.93. The molecular formula is C18H21N3O3. The van der Waals surface area contributed by atoms with E-state index in [1.165, 1.54) is 0 Å². The lowest BCUT2D eigenvalue weighted by Gasteiger charge is -2.26. The van der Waals surface area contributed by atoms with Gasteiger partial charge in [0.15, 0.2) is 0 Å². The largest absolute Gasteiger partial charge is 0.481 e. The van der Waals surface area contributed by atoms with Crippen molar-refractivity contribution in [1.82, 2.24) is 15.1 Å². The van der Waals surface area contributed by atoms with Crippen molar-refractivity contribution in [1.29, 1.82) is 0 Å². The molecule has 3 rings (SSSR count). The molecule has 0 unspecified atom stereocenters. The normalized spacial score (nSPS) is 20.5. The van der Waals surface area contributed by atoms with E-state index in [4.69, 9.17) is 5.11 Å². The van der Waals surface area contributed by atoms with E-state index < -0.39 is 5.97 Å². The van der Waals surface area contributed by atoms with Crippen molar-refractivity contribution in [3.63, 3.8) is 0 Å². The van der Waals surface area contributed by atoms with Crippen LogP contribution in [0.1, 0.15) is 36.2 Å². The Morgan fingerprint density at radius 3 is 2.46 bits per heavy atom. The summed E-state index contributed by atoms with van der Waals surface area (Å²) in [6.45, 7) is 0. The standard InChI is InChI=1S/C18H21N3O3/c1-21-16(11-15(20-21)12-5-3-2-4-6-12)17(22)19-14-9-7-13(8-10-14)18(23)24/h2-6,11,13-14H,7-10H2,1H3,(H,19,22)(H,23,24). The van der Waals surface area contributed by atoms with Gasteiger partial charge in [-0.2, -0.15) is 5.10 Å². The fourth-order valence-electron chi connectivity index (χ4n) is 3.17. The zero-order valence-corrected chi connectivity index (χ0v) is 13.6. The summed E-state index contributed by atoms with van der Waals surface area (Å²) in [7, 11) is 1.75. The number of hydrogen-bond donors (Lipinski definition) is 2. The maximum atomic E-state index is 12.5. The van der Waals surface area contributed by atoms with E-state index >= 15 is 0 Å². The Morgan fingerprint density at radius 1 is 1.17 bits per heavy atom. The Hall–Kier alpha value is -2.63. The molecule has 0 spiro atoms. The molecule has 1 amide bonds. The number of hydrogen-bond acceptors (Lipinski definition) is 3. The van der Waals surface area contributed by atoms with Gasteiger partial charge in [0.05, 0.1) is 11.6 Å². The monoisotopic (exact) mass is 327 g/mol. The molecule has 6 nitrogen and oxygen atoms in total. The van der Waals surface area contributed by atoms with E-state index in [1.807, 2.05) is 30.3 Å². The van der Waals surface area contributed by atoms with E-state index in [2.05, 4.69) is 10.4 Å². The predicted molar refractivity (Wildman–Crippen MR) is 89.5 cm³/mol. The highest BCUT2D eigenvalue weighted by Gasteiger charge is 2.27. The van der Waals surface area contributed by atoms with Crippen molar-refractivity contribution in [3.8, 4) is 11.3 Å². The molecule has 1 saturated carbocycles. The van der Waals surface area contributed by atoms with Crippen LogP contribution >= 0.6 is 0 Å². The minimum atomic E-state index is -0.737. The molecule has 0 aliphatic heterocycles. The molecule has 1 heterocycles. The molecule has 0 radical (unpaired) electrons. The van der Waals surface area contributed by atoms with Crippen LogP contribution in [0.3, 0.4) is 0 Å². The van der Waals surface area contributed by atoms with Gasteiger partial charge in [0.1, 0.15) is 5.69 Å². The second kappa shape index (κ2) is 6.86. The number of benzene rings is 1. The van der Waals surface area contributed by atoms with Crippen molar-refractivity contribution in [2.24, 2.45) is 13.0 Å². The first-order valence-electron chi connectivity index (χ1n) is 8.17. The number of amides is 1. The van der Waals surface area contributed by atoms with Crippen LogP contribution in [0.4, 0.5) is 0 Å². The van der Waals surface area contributed by atoms with Crippen molar-refractivity contribution in [3.05, 3.63) is 42.1 Å². The first-order chi connectivity index (χ1) is 11.5. The Kier molecular flexibility index (Phi) is 4.64. The third-order valence-corrected chi connectivity index (χ3v) is 4.59. The second-order valence-corrected chi connectivity index (χ2v) is 6.26. The van der Waals surface area contributed by atoms with E-state index in [-0.39, 0.29) is 17.9 Å². The average Bonchev–Trinajstić information content (AvgIpc) is 2.98. The summed E-state index contributed by atoms with van der Waals surface area (Å²) < 4.78 is 1.58. The number of carbonyl (C=O) groups excluding carboxylic acids is 1. The summed E-state index contributed by atoms with van der Waals surface area (Å²) >= 11 is 0. The van der Waals surface area contributed by atoms with Gasteiger partial charge in [0, 0.05) is 18.7 Å². The Morgan fingerprint density at radius 2 is 1.83 bits per heavy atom. The summed E-state index contributed by atoms with van der Waals surface area (Å²) in [6, 6.07) is 11.5. The maximum Gasteiger partial charge on any atom is 0.306 e. The number of aliphatic carboxylic acids is 1. The minimum Gasteiger partial charge on any atom is -0.481 e. The van der Waals surface area contributed by atoms with E-state index in [0.29, 0.717) is 31.4 Å². The molecule has 1 aliphatic carbocycles. The fraction of sp³-hybridized carbons (Fsp3) is 0.389. The molecule has 1 fully saturated rings. The third kappa shape index (κ3) is 3.48. The van der Waals surface area contributed by atoms with Crippen molar-refractivity contribution >= 4 is 11.9 Å². The van der Waals surface area contributed by atoms with Crippen LogP contribution in [-0.4, -0.2) is 32.8 Å². The molecule has 0 atom stereocenters. The molecule has 1 aromatic carbocycles. The van der Waals surface area contributed by atoms with Crippen LogP contribution in [-0.2, 0) is 11.8 Å². The van der Waals surface area contributed by atoms with Gasteiger partial charge in [0.25, 0.3) is 5.91 Å². The Balaban J connectivity index is 1.66. The van der Waals surface area contributed by atoms with Crippen LogP contribution in [0.15, 0.2) is 36.4 Å². The lowest BCUT2D eigenvalue weighted by molar-refractivity contribution is -0.142. The van der Waals surface area contributed by atoms with E-state index in [1.54, 1.807) is 17.8 Å². The van der Waals surface area contributed by atoms with Gasteiger partial charge in [-0.1, -0.05) is 30.3 Å². The molecular weight excluding hydrogens is 306 g/mol. The first-order valence-corrected chi connectivity index (χ1v) is 8.17. The molecule has 24 heavy (non-hydrogen) atoms. The summed E-state index contributed by atoms with van der Waals surface area (Å²) in [4.78, 5) is 23.5. The topological polar surface area (TPSA) is 84.2 Å². The van der Waals surface area contributed by atoms with Gasteiger partial charge >= 0.3 is 5.97 Å². The Labute approximate surface area is 140 Å². The number of aromatic nitrogens is 2. The minimum absolute atomic E-state index is 0.0307. The number of nitrogens with one attached hydrogen (secondary N) is 1. The lowest BCUT2D eigenvalue weighted by atomic mass is 9.86. The van der Waals surface area contributed by atoms with Gasteiger partial charge in [-0.25, -0.2) is 0 Å². The number of rotatable bonds is 4. The lowest BCUT2D eigenvalue weighted by Crippen LogP contribution is -2.39. The van der Waals surface area contributed by atoms with Gasteiger partial charge in [-0.15, -0.1) is 0 Å². The van der Waals surface area contributed by atoms with Crippen LogP contribution in [0, 0.1) is 5.92 Å². The fourth-order valence-corrected chi connectivity index (χ4v) is 3.17. The highest BCUT2D eigenvalue weighted by atomic mass is 16.4. The zero-order chi connectivity index (χ0) is 17.1. The van der Waals surface area contributed by atoms with Crippen molar-refractivity contribution in [2.75, 3.05) is 0 Å². The summed E-state index contributed by atoms with van der Waals surface area (Å²) in [5.41, 5.74) is 2.24. The van der Waals surface area contributed by atoms with E-state index in [0.717, 1.165) is 11.3 Å². The number of carboxylic acid groups (broad SMARTS) is 1. The van der Waals surface area contributed by atoms with Crippen LogP contribution < -0.4 is 5.32 Å².